The Bertz CT molecular complexity index is 491. The topological polar surface area (TPSA) is 58.2 Å². The molecule has 1 aromatic rings. The van der Waals surface area contributed by atoms with E-state index in [2.05, 4.69) is 17.6 Å². The van der Waals surface area contributed by atoms with Gasteiger partial charge in [0.05, 0.1) is 0 Å². The zero-order chi connectivity index (χ0) is 16.4. The van der Waals surface area contributed by atoms with Crippen molar-refractivity contribution < 1.29 is 9.59 Å². The van der Waals surface area contributed by atoms with Gasteiger partial charge in [-0.3, -0.25) is 9.59 Å². The molecule has 0 spiro atoms. The van der Waals surface area contributed by atoms with Crippen molar-refractivity contribution in [3.8, 4) is 0 Å². The Morgan fingerprint density at radius 1 is 1.27 bits per heavy atom. The van der Waals surface area contributed by atoms with E-state index < -0.39 is 0 Å². The molecule has 5 heteroatoms. The van der Waals surface area contributed by atoms with Gasteiger partial charge < -0.3 is 10.6 Å². The molecule has 0 fully saturated rings. The van der Waals surface area contributed by atoms with Gasteiger partial charge in [0.25, 0.3) is 0 Å². The third kappa shape index (κ3) is 6.98. The predicted octanol–water partition coefficient (Wildman–Crippen LogP) is 3.43. The second-order valence-corrected chi connectivity index (χ2v) is 6.62. The molecule has 0 radical (unpaired) electrons. The van der Waals surface area contributed by atoms with E-state index >= 15 is 0 Å². The average molecular weight is 322 g/mol. The Labute approximate surface area is 137 Å². The van der Waals surface area contributed by atoms with Crippen molar-refractivity contribution in [2.24, 2.45) is 5.92 Å². The Morgan fingerprint density at radius 3 is 2.73 bits per heavy atom. The molecular formula is C17H26N2O2S. The number of carbonyl (C=O) groups is 2. The largest absolute Gasteiger partial charge is 0.352 e. The molecule has 2 N–H and O–H groups in total. The number of anilines is 1. The highest BCUT2D eigenvalue weighted by Crippen LogP contribution is 2.13. The lowest BCUT2D eigenvalue weighted by atomic mass is 10.1. The van der Waals surface area contributed by atoms with Crippen LogP contribution in [0.5, 0.6) is 0 Å². The average Bonchev–Trinajstić information content (AvgIpc) is 2.52. The molecule has 1 atom stereocenters. The third-order valence-corrected chi connectivity index (χ3v) is 4.32. The van der Waals surface area contributed by atoms with Crippen molar-refractivity contribution in [3.63, 3.8) is 0 Å². The van der Waals surface area contributed by atoms with E-state index in [0.29, 0.717) is 13.0 Å². The van der Waals surface area contributed by atoms with Gasteiger partial charge in [0.1, 0.15) is 0 Å². The van der Waals surface area contributed by atoms with Crippen LogP contribution in [0, 0.1) is 5.92 Å². The fraction of sp³-hybridized carbons (Fsp3) is 0.529. The van der Waals surface area contributed by atoms with Crippen LogP contribution in [0.1, 0.15) is 39.2 Å². The van der Waals surface area contributed by atoms with Crippen molar-refractivity contribution >= 4 is 29.3 Å². The molecule has 0 heterocycles. The van der Waals surface area contributed by atoms with Gasteiger partial charge in [-0.15, -0.1) is 0 Å². The van der Waals surface area contributed by atoms with Crippen LogP contribution in [-0.4, -0.2) is 23.3 Å². The maximum Gasteiger partial charge on any atom is 0.227 e. The molecule has 1 rings (SSSR count). The molecule has 1 aromatic carbocycles. The minimum absolute atomic E-state index is 0.000533. The molecule has 122 valence electrons. The van der Waals surface area contributed by atoms with Crippen LogP contribution in [-0.2, 0) is 16.1 Å². The number of amides is 2. The number of carbonyl (C=O) groups excluding carboxylic acids is 2. The summed E-state index contributed by atoms with van der Waals surface area (Å²) in [4.78, 5) is 23.6. The SMILES string of the molecule is CCSCCC(=O)NCc1cccc(NC(=O)C(C)CC)c1. The quantitative estimate of drug-likeness (QED) is 0.685. The van der Waals surface area contributed by atoms with E-state index in [9.17, 15) is 9.59 Å². The second kappa shape index (κ2) is 10.3. The zero-order valence-corrected chi connectivity index (χ0v) is 14.5. The second-order valence-electron chi connectivity index (χ2n) is 5.22. The maximum atomic E-state index is 11.9. The monoisotopic (exact) mass is 322 g/mol. The number of hydrogen-bond acceptors (Lipinski definition) is 3. The Balaban J connectivity index is 2.47. The number of benzene rings is 1. The lowest BCUT2D eigenvalue weighted by Crippen LogP contribution is -2.23. The van der Waals surface area contributed by atoms with Crippen LogP contribution in [0.25, 0.3) is 0 Å². The Kier molecular flexibility index (Phi) is 8.67. The highest BCUT2D eigenvalue weighted by atomic mass is 32.2. The molecule has 4 nitrogen and oxygen atoms in total. The summed E-state index contributed by atoms with van der Waals surface area (Å²) in [5.74, 6) is 1.98. The van der Waals surface area contributed by atoms with Crippen LogP contribution >= 0.6 is 11.8 Å². The van der Waals surface area contributed by atoms with Crippen molar-refractivity contribution in [2.75, 3.05) is 16.8 Å². The fourth-order valence-corrected chi connectivity index (χ4v) is 2.43. The summed E-state index contributed by atoms with van der Waals surface area (Å²) in [5, 5.41) is 5.81. The molecule has 0 saturated carbocycles. The van der Waals surface area contributed by atoms with Crippen molar-refractivity contribution in [1.29, 1.82) is 0 Å². The molecule has 0 aliphatic carbocycles. The number of hydrogen-bond donors (Lipinski definition) is 2. The van der Waals surface area contributed by atoms with Crippen molar-refractivity contribution in [1.82, 2.24) is 5.32 Å². The van der Waals surface area contributed by atoms with Gasteiger partial charge in [-0.25, -0.2) is 0 Å². The van der Waals surface area contributed by atoms with Gasteiger partial charge in [-0.05, 0) is 29.9 Å². The van der Waals surface area contributed by atoms with Crippen LogP contribution in [0.2, 0.25) is 0 Å². The minimum atomic E-state index is -0.000533. The van der Waals surface area contributed by atoms with E-state index in [1.807, 2.05) is 38.1 Å². The van der Waals surface area contributed by atoms with E-state index in [-0.39, 0.29) is 17.7 Å². The van der Waals surface area contributed by atoms with Crippen molar-refractivity contribution in [2.45, 2.75) is 40.2 Å². The summed E-state index contributed by atoms with van der Waals surface area (Å²) in [6, 6.07) is 7.60. The van der Waals surface area contributed by atoms with E-state index in [4.69, 9.17) is 0 Å². The maximum absolute atomic E-state index is 11.9. The van der Waals surface area contributed by atoms with E-state index in [1.54, 1.807) is 11.8 Å². The van der Waals surface area contributed by atoms with Gasteiger partial charge in [0.2, 0.25) is 11.8 Å². The summed E-state index contributed by atoms with van der Waals surface area (Å²) in [6.07, 6.45) is 1.36. The Hall–Kier alpha value is -1.49. The number of rotatable bonds is 9. The molecule has 0 aromatic heterocycles. The van der Waals surface area contributed by atoms with Crippen molar-refractivity contribution in [3.05, 3.63) is 29.8 Å². The highest BCUT2D eigenvalue weighted by Gasteiger charge is 2.10. The first-order valence-corrected chi connectivity index (χ1v) is 8.96. The van der Waals surface area contributed by atoms with E-state index in [1.165, 1.54) is 0 Å². The smallest absolute Gasteiger partial charge is 0.227 e. The van der Waals surface area contributed by atoms with Gasteiger partial charge >= 0.3 is 0 Å². The minimum Gasteiger partial charge on any atom is -0.352 e. The molecule has 2 amide bonds. The molecule has 0 saturated heterocycles. The molecule has 0 bridgehead atoms. The summed E-state index contributed by atoms with van der Waals surface area (Å²) in [5.41, 5.74) is 1.76. The lowest BCUT2D eigenvalue weighted by Gasteiger charge is -2.11. The predicted molar refractivity (Wildman–Crippen MR) is 94.0 cm³/mol. The summed E-state index contributed by atoms with van der Waals surface area (Å²) in [6.45, 7) is 6.48. The van der Waals surface area contributed by atoms with Gasteiger partial charge in [-0.2, -0.15) is 11.8 Å². The van der Waals surface area contributed by atoms with Gasteiger partial charge in [0.15, 0.2) is 0 Å². The van der Waals surface area contributed by atoms with Crippen LogP contribution in [0.4, 0.5) is 5.69 Å². The number of thioether (sulfide) groups is 1. The number of nitrogens with one attached hydrogen (secondary N) is 2. The fourth-order valence-electron chi connectivity index (χ4n) is 1.81. The van der Waals surface area contributed by atoms with Gasteiger partial charge in [-0.1, -0.05) is 32.9 Å². The summed E-state index contributed by atoms with van der Waals surface area (Å²) in [7, 11) is 0. The first-order valence-electron chi connectivity index (χ1n) is 7.81. The first kappa shape index (κ1) is 18.6. The Morgan fingerprint density at radius 2 is 2.05 bits per heavy atom. The third-order valence-electron chi connectivity index (χ3n) is 3.42. The van der Waals surface area contributed by atoms with Gasteiger partial charge in [0, 0.05) is 30.3 Å². The summed E-state index contributed by atoms with van der Waals surface area (Å²) < 4.78 is 0. The zero-order valence-electron chi connectivity index (χ0n) is 13.6. The molecule has 0 aliphatic heterocycles. The summed E-state index contributed by atoms with van der Waals surface area (Å²) >= 11 is 1.76. The van der Waals surface area contributed by atoms with Crippen LogP contribution in [0.15, 0.2) is 24.3 Å². The molecule has 0 aliphatic rings. The highest BCUT2D eigenvalue weighted by molar-refractivity contribution is 7.99. The standard InChI is InChI=1S/C17H26N2O2S/c1-4-13(3)17(21)19-15-8-6-7-14(11-15)12-18-16(20)9-10-22-5-2/h6-8,11,13H,4-5,9-10,12H2,1-3H3,(H,18,20)(H,19,21). The first-order chi connectivity index (χ1) is 10.6. The van der Waals surface area contributed by atoms with E-state index in [0.717, 1.165) is 29.2 Å². The molecule has 22 heavy (non-hydrogen) atoms. The van der Waals surface area contributed by atoms with Crippen LogP contribution < -0.4 is 10.6 Å². The molecule has 1 unspecified atom stereocenters. The lowest BCUT2D eigenvalue weighted by molar-refractivity contribution is -0.121. The normalized spacial score (nSPS) is 11.8. The van der Waals surface area contributed by atoms with Crippen LogP contribution in [0.3, 0.4) is 0 Å². The molecular weight excluding hydrogens is 296 g/mol.